The van der Waals surface area contributed by atoms with Crippen LogP contribution >= 0.6 is 0 Å². The van der Waals surface area contributed by atoms with Crippen LogP contribution in [0.4, 0.5) is 0 Å². The molecule has 0 saturated carbocycles. The number of esters is 1. The number of carbonyl (C=O) groups excluding carboxylic acids is 1. The summed E-state index contributed by atoms with van der Waals surface area (Å²) in [6.45, 7) is 3.85. The molecule has 17 heavy (non-hydrogen) atoms. The number of ether oxygens (including phenoxy) is 3. The van der Waals surface area contributed by atoms with E-state index >= 15 is 0 Å². The van der Waals surface area contributed by atoms with Crippen LogP contribution in [-0.2, 0) is 19.0 Å². The fourth-order valence-electron chi connectivity index (χ4n) is 1.51. The van der Waals surface area contributed by atoms with Crippen molar-refractivity contribution in [2.24, 2.45) is 0 Å². The second kappa shape index (κ2) is 11.8. The second-order valence-corrected chi connectivity index (χ2v) is 5.95. The molecule has 0 aliphatic rings. The summed E-state index contributed by atoms with van der Waals surface area (Å²) in [7, 11) is 3.32. The molecule has 0 amide bonds. The molecule has 0 fully saturated rings. The molecule has 0 unspecified atom stereocenters. The maximum Gasteiger partial charge on any atom is 0.330 e. The van der Waals surface area contributed by atoms with Crippen LogP contribution in [0.1, 0.15) is 19.3 Å². The quantitative estimate of drug-likeness (QED) is 0.186. The SMILES string of the molecule is C=CC(=O)OCCCC[SiH2]CCC(OC)OC. The Morgan fingerprint density at radius 3 is 2.59 bits per heavy atom. The molecule has 100 valence electrons. The van der Waals surface area contributed by atoms with Crippen LogP contribution in [0.2, 0.25) is 12.1 Å². The van der Waals surface area contributed by atoms with Gasteiger partial charge in [-0.3, -0.25) is 0 Å². The fraction of sp³-hybridized carbons (Fsp3) is 0.750. The largest absolute Gasteiger partial charge is 0.463 e. The standard InChI is InChI=1S/C12H24O4Si/c1-4-11(13)16-8-5-6-9-17-10-7-12(14-2)15-3/h4,12H,1,5-10,17H2,2-3H3. The number of rotatable bonds is 11. The van der Waals surface area contributed by atoms with Gasteiger partial charge < -0.3 is 14.2 Å². The predicted octanol–water partition coefficient (Wildman–Crippen LogP) is 1.51. The lowest BCUT2D eigenvalue weighted by Gasteiger charge is -2.12. The Bertz CT molecular complexity index is 205. The van der Waals surface area contributed by atoms with Crippen LogP contribution in [-0.4, -0.2) is 42.6 Å². The first kappa shape index (κ1) is 16.3. The molecule has 0 aliphatic carbocycles. The highest BCUT2D eigenvalue weighted by Gasteiger charge is 2.03. The molecular weight excluding hydrogens is 236 g/mol. The zero-order valence-electron chi connectivity index (χ0n) is 10.9. The minimum absolute atomic E-state index is 0.0233. The first-order valence-electron chi connectivity index (χ1n) is 6.09. The predicted molar refractivity (Wildman–Crippen MR) is 71.0 cm³/mol. The molecule has 0 saturated heterocycles. The van der Waals surface area contributed by atoms with Crippen LogP contribution in [0.25, 0.3) is 0 Å². The van der Waals surface area contributed by atoms with Crippen molar-refractivity contribution in [2.45, 2.75) is 37.6 Å². The molecule has 5 heteroatoms. The number of carbonyl (C=O) groups is 1. The highest BCUT2D eigenvalue weighted by Crippen LogP contribution is 2.05. The van der Waals surface area contributed by atoms with Crippen molar-refractivity contribution in [3.8, 4) is 0 Å². The van der Waals surface area contributed by atoms with E-state index in [-0.39, 0.29) is 21.8 Å². The summed E-state index contributed by atoms with van der Waals surface area (Å²) in [6, 6.07) is 2.52. The molecule has 4 nitrogen and oxygen atoms in total. The average Bonchev–Trinajstić information content (AvgIpc) is 2.36. The van der Waals surface area contributed by atoms with Crippen molar-refractivity contribution in [1.29, 1.82) is 0 Å². The Morgan fingerprint density at radius 2 is 2.00 bits per heavy atom. The first-order valence-corrected chi connectivity index (χ1v) is 8.09. The summed E-state index contributed by atoms with van der Waals surface area (Å²) in [5.41, 5.74) is 0. The van der Waals surface area contributed by atoms with E-state index in [1.165, 1.54) is 18.2 Å². The normalized spacial score (nSPS) is 11.2. The minimum atomic E-state index is -0.328. The number of methoxy groups -OCH3 is 2. The van der Waals surface area contributed by atoms with Gasteiger partial charge in [0.05, 0.1) is 6.61 Å². The van der Waals surface area contributed by atoms with Crippen LogP contribution < -0.4 is 0 Å². The van der Waals surface area contributed by atoms with Crippen molar-refractivity contribution in [3.63, 3.8) is 0 Å². The smallest absolute Gasteiger partial charge is 0.330 e. The summed E-state index contributed by atoms with van der Waals surface area (Å²) < 4.78 is 15.1. The molecule has 0 aromatic carbocycles. The first-order chi connectivity index (χ1) is 8.24. The Labute approximate surface area is 106 Å². The van der Waals surface area contributed by atoms with Crippen LogP contribution in [0, 0.1) is 0 Å². The van der Waals surface area contributed by atoms with Crippen molar-refractivity contribution in [3.05, 3.63) is 12.7 Å². The van der Waals surface area contributed by atoms with E-state index in [0.29, 0.717) is 6.61 Å². The van der Waals surface area contributed by atoms with Crippen LogP contribution in [0.3, 0.4) is 0 Å². The van der Waals surface area contributed by atoms with Gasteiger partial charge in [0.25, 0.3) is 0 Å². The monoisotopic (exact) mass is 260 g/mol. The third kappa shape index (κ3) is 10.2. The molecule has 0 rings (SSSR count). The number of hydrogen-bond donors (Lipinski definition) is 0. The fourth-order valence-corrected chi connectivity index (χ4v) is 3.19. The Kier molecular flexibility index (Phi) is 11.4. The highest BCUT2D eigenvalue weighted by atomic mass is 28.2. The zero-order valence-corrected chi connectivity index (χ0v) is 12.4. The van der Waals surface area contributed by atoms with E-state index in [2.05, 4.69) is 6.58 Å². The number of unbranched alkanes of at least 4 members (excludes halogenated alkanes) is 1. The third-order valence-electron chi connectivity index (χ3n) is 2.52. The second-order valence-electron chi connectivity index (χ2n) is 3.83. The summed E-state index contributed by atoms with van der Waals surface area (Å²) in [5, 5.41) is 0. The maximum atomic E-state index is 10.7. The minimum Gasteiger partial charge on any atom is -0.463 e. The third-order valence-corrected chi connectivity index (χ3v) is 4.43. The molecule has 0 N–H and O–H groups in total. The molecule has 0 radical (unpaired) electrons. The molecule has 0 spiro atoms. The topological polar surface area (TPSA) is 44.8 Å². The van der Waals surface area contributed by atoms with Gasteiger partial charge in [-0.1, -0.05) is 25.1 Å². The van der Waals surface area contributed by atoms with Gasteiger partial charge in [-0.25, -0.2) is 4.79 Å². The molecule has 0 aromatic heterocycles. The molecule has 0 atom stereocenters. The van der Waals surface area contributed by atoms with Crippen molar-refractivity contribution in [1.82, 2.24) is 0 Å². The van der Waals surface area contributed by atoms with E-state index in [4.69, 9.17) is 14.2 Å². The molecule has 0 aliphatic heterocycles. The Morgan fingerprint density at radius 1 is 1.29 bits per heavy atom. The van der Waals surface area contributed by atoms with Gasteiger partial charge >= 0.3 is 5.97 Å². The van der Waals surface area contributed by atoms with Gasteiger partial charge in [0.1, 0.15) is 0 Å². The van der Waals surface area contributed by atoms with Gasteiger partial charge in [0.2, 0.25) is 0 Å². The lowest BCUT2D eigenvalue weighted by Crippen LogP contribution is -2.13. The molecule has 0 bridgehead atoms. The zero-order chi connectivity index (χ0) is 12.9. The molecular formula is C12H24O4Si. The summed E-state index contributed by atoms with van der Waals surface area (Å²) in [5.74, 6) is -0.328. The highest BCUT2D eigenvalue weighted by molar-refractivity contribution is 6.35. The average molecular weight is 260 g/mol. The van der Waals surface area contributed by atoms with E-state index < -0.39 is 0 Å². The van der Waals surface area contributed by atoms with Crippen LogP contribution in [0.5, 0.6) is 0 Å². The van der Waals surface area contributed by atoms with Crippen molar-refractivity contribution < 1.29 is 19.0 Å². The lowest BCUT2D eigenvalue weighted by atomic mass is 10.4. The lowest BCUT2D eigenvalue weighted by molar-refractivity contribution is -0.137. The summed E-state index contributed by atoms with van der Waals surface area (Å²) in [6.07, 6.45) is 4.23. The van der Waals surface area contributed by atoms with E-state index in [0.717, 1.165) is 19.3 Å². The van der Waals surface area contributed by atoms with Crippen molar-refractivity contribution >= 4 is 15.5 Å². The number of hydrogen-bond acceptors (Lipinski definition) is 4. The Balaban J connectivity index is 3.18. The molecule has 0 aromatic rings. The summed E-state index contributed by atoms with van der Waals surface area (Å²) >= 11 is 0. The Hall–Kier alpha value is -0.653. The van der Waals surface area contributed by atoms with E-state index in [9.17, 15) is 4.79 Å². The van der Waals surface area contributed by atoms with Crippen LogP contribution in [0.15, 0.2) is 12.7 Å². The summed E-state index contributed by atoms with van der Waals surface area (Å²) in [4.78, 5) is 10.7. The van der Waals surface area contributed by atoms with Gasteiger partial charge in [-0.05, 0) is 12.8 Å². The van der Waals surface area contributed by atoms with E-state index in [1.807, 2.05) is 0 Å². The van der Waals surface area contributed by atoms with Gasteiger partial charge in [-0.15, -0.1) is 0 Å². The van der Waals surface area contributed by atoms with Gasteiger partial charge in [0, 0.05) is 29.8 Å². The molecule has 0 heterocycles. The van der Waals surface area contributed by atoms with E-state index in [1.54, 1.807) is 14.2 Å². The van der Waals surface area contributed by atoms with Gasteiger partial charge in [0.15, 0.2) is 6.29 Å². The maximum absolute atomic E-state index is 10.7. The van der Waals surface area contributed by atoms with Gasteiger partial charge in [-0.2, -0.15) is 0 Å². The van der Waals surface area contributed by atoms with Crippen molar-refractivity contribution in [2.75, 3.05) is 20.8 Å².